The number of ether oxygens (including phenoxy) is 1. The predicted octanol–water partition coefficient (Wildman–Crippen LogP) is 3.00. The van der Waals surface area contributed by atoms with Crippen LogP contribution in [0.4, 0.5) is 10.1 Å². The van der Waals surface area contributed by atoms with Crippen LogP contribution in [0.2, 0.25) is 0 Å². The summed E-state index contributed by atoms with van der Waals surface area (Å²) in [6, 6.07) is 12.7. The van der Waals surface area contributed by atoms with Crippen LogP contribution < -0.4 is 9.64 Å². The van der Waals surface area contributed by atoms with Gasteiger partial charge in [0.2, 0.25) is 0 Å². The molecule has 0 radical (unpaired) electrons. The van der Waals surface area contributed by atoms with Gasteiger partial charge in [-0.3, -0.25) is 4.90 Å². The van der Waals surface area contributed by atoms with Gasteiger partial charge in [0, 0.05) is 38.4 Å². The van der Waals surface area contributed by atoms with Crippen LogP contribution in [0, 0.1) is 19.7 Å². The first kappa shape index (κ1) is 18.7. The molecule has 0 amide bonds. The summed E-state index contributed by atoms with van der Waals surface area (Å²) in [6.45, 7) is 8.45. The van der Waals surface area contributed by atoms with Gasteiger partial charge >= 0.3 is 0 Å². The Morgan fingerprint density at radius 3 is 2.38 bits per heavy atom. The van der Waals surface area contributed by atoms with Gasteiger partial charge in [0.05, 0.1) is 0 Å². The van der Waals surface area contributed by atoms with E-state index in [1.165, 1.54) is 17.7 Å². The van der Waals surface area contributed by atoms with E-state index in [4.69, 9.17) is 4.74 Å². The van der Waals surface area contributed by atoms with Crippen molar-refractivity contribution in [2.75, 3.05) is 44.2 Å². The summed E-state index contributed by atoms with van der Waals surface area (Å²) in [4.78, 5) is 4.49. The second kappa shape index (κ2) is 8.52. The standard InChI is InChI=1S/C21H27FN2O2/c1-16-3-8-21(17(2)13-16)26-15-20(25)14-23-9-11-24(12-10-23)19-6-4-18(22)5-7-19/h3-8,13,20,25H,9-12,14-15H2,1-2H3/t20-/m0/s1. The van der Waals surface area contributed by atoms with Crippen molar-refractivity contribution < 1.29 is 14.2 Å². The minimum Gasteiger partial charge on any atom is -0.491 e. The van der Waals surface area contributed by atoms with Gasteiger partial charge in [0.25, 0.3) is 0 Å². The van der Waals surface area contributed by atoms with Gasteiger partial charge in [-0.05, 0) is 49.7 Å². The Labute approximate surface area is 154 Å². The third-order valence-corrected chi connectivity index (χ3v) is 4.79. The lowest BCUT2D eigenvalue weighted by molar-refractivity contribution is 0.0661. The number of β-amino-alcohol motifs (C(OH)–C–C–N with tert-alkyl or cyclic N) is 1. The predicted molar refractivity (Wildman–Crippen MR) is 102 cm³/mol. The molecular formula is C21H27FN2O2. The molecule has 0 saturated carbocycles. The van der Waals surface area contributed by atoms with Crippen molar-refractivity contribution in [3.05, 3.63) is 59.4 Å². The van der Waals surface area contributed by atoms with E-state index in [1.54, 1.807) is 0 Å². The number of hydrogen-bond donors (Lipinski definition) is 1. The van der Waals surface area contributed by atoms with E-state index in [0.29, 0.717) is 13.2 Å². The zero-order valence-corrected chi connectivity index (χ0v) is 15.5. The molecule has 0 bridgehead atoms. The number of piperazine rings is 1. The Kier molecular flexibility index (Phi) is 6.12. The normalized spacial score (nSPS) is 16.5. The van der Waals surface area contributed by atoms with Crippen LogP contribution in [0.25, 0.3) is 0 Å². The van der Waals surface area contributed by atoms with Gasteiger partial charge in [-0.1, -0.05) is 17.7 Å². The summed E-state index contributed by atoms with van der Waals surface area (Å²) < 4.78 is 18.8. The van der Waals surface area contributed by atoms with Crippen molar-refractivity contribution in [2.45, 2.75) is 20.0 Å². The van der Waals surface area contributed by atoms with Gasteiger partial charge in [0.15, 0.2) is 0 Å². The maximum atomic E-state index is 13.0. The van der Waals surface area contributed by atoms with Crippen molar-refractivity contribution in [2.24, 2.45) is 0 Å². The number of hydrogen-bond acceptors (Lipinski definition) is 4. The maximum absolute atomic E-state index is 13.0. The quantitative estimate of drug-likeness (QED) is 0.861. The lowest BCUT2D eigenvalue weighted by Crippen LogP contribution is -2.49. The first-order valence-electron chi connectivity index (χ1n) is 9.12. The van der Waals surface area contributed by atoms with Crippen LogP contribution in [-0.4, -0.2) is 55.4 Å². The number of anilines is 1. The largest absolute Gasteiger partial charge is 0.491 e. The third-order valence-electron chi connectivity index (χ3n) is 4.79. The second-order valence-electron chi connectivity index (χ2n) is 7.00. The van der Waals surface area contributed by atoms with Crippen LogP contribution in [-0.2, 0) is 0 Å². The Morgan fingerprint density at radius 1 is 1.04 bits per heavy atom. The smallest absolute Gasteiger partial charge is 0.123 e. The van der Waals surface area contributed by atoms with E-state index in [2.05, 4.69) is 22.8 Å². The van der Waals surface area contributed by atoms with E-state index < -0.39 is 6.10 Å². The molecule has 26 heavy (non-hydrogen) atoms. The minimum atomic E-state index is -0.520. The van der Waals surface area contributed by atoms with Gasteiger partial charge in [-0.15, -0.1) is 0 Å². The summed E-state index contributed by atoms with van der Waals surface area (Å²) in [5.74, 6) is 0.620. The molecule has 2 aromatic carbocycles. The molecule has 1 fully saturated rings. The summed E-state index contributed by atoms with van der Waals surface area (Å²) in [5.41, 5.74) is 3.34. The highest BCUT2D eigenvalue weighted by atomic mass is 19.1. The molecule has 3 rings (SSSR count). The number of aliphatic hydroxyl groups is 1. The molecule has 1 N–H and O–H groups in total. The average Bonchev–Trinajstić information content (AvgIpc) is 2.62. The average molecular weight is 358 g/mol. The molecule has 5 heteroatoms. The summed E-state index contributed by atoms with van der Waals surface area (Å²) in [5, 5.41) is 10.3. The van der Waals surface area contributed by atoms with E-state index >= 15 is 0 Å². The molecule has 140 valence electrons. The fourth-order valence-corrected chi connectivity index (χ4v) is 3.34. The lowest BCUT2D eigenvalue weighted by Gasteiger charge is -2.36. The lowest BCUT2D eigenvalue weighted by atomic mass is 10.1. The monoisotopic (exact) mass is 358 g/mol. The number of aliphatic hydroxyl groups excluding tert-OH is 1. The minimum absolute atomic E-state index is 0.209. The summed E-state index contributed by atoms with van der Waals surface area (Å²) in [7, 11) is 0. The Balaban J connectivity index is 1.43. The third kappa shape index (κ3) is 4.96. The molecule has 0 unspecified atom stereocenters. The van der Waals surface area contributed by atoms with Crippen molar-refractivity contribution in [3.8, 4) is 5.75 Å². The molecular weight excluding hydrogens is 331 g/mol. The highest BCUT2D eigenvalue weighted by Crippen LogP contribution is 2.19. The van der Waals surface area contributed by atoms with Crippen molar-refractivity contribution in [3.63, 3.8) is 0 Å². The molecule has 4 nitrogen and oxygen atoms in total. The molecule has 0 spiro atoms. The molecule has 0 aliphatic carbocycles. The van der Waals surface area contributed by atoms with Gasteiger partial charge in [0.1, 0.15) is 24.3 Å². The van der Waals surface area contributed by atoms with Crippen molar-refractivity contribution >= 4 is 5.69 Å². The number of benzene rings is 2. The first-order valence-corrected chi connectivity index (χ1v) is 9.12. The van der Waals surface area contributed by atoms with E-state index in [0.717, 1.165) is 43.2 Å². The van der Waals surface area contributed by atoms with Gasteiger partial charge < -0.3 is 14.7 Å². The fraction of sp³-hybridized carbons (Fsp3) is 0.429. The van der Waals surface area contributed by atoms with Crippen LogP contribution in [0.15, 0.2) is 42.5 Å². The Hall–Kier alpha value is -2.11. The van der Waals surface area contributed by atoms with Crippen LogP contribution in [0.5, 0.6) is 5.75 Å². The number of rotatable bonds is 6. The van der Waals surface area contributed by atoms with Crippen molar-refractivity contribution in [1.29, 1.82) is 0 Å². The molecule has 1 saturated heterocycles. The second-order valence-corrected chi connectivity index (χ2v) is 7.00. The van der Waals surface area contributed by atoms with E-state index in [1.807, 2.05) is 31.2 Å². The highest BCUT2D eigenvalue weighted by Gasteiger charge is 2.20. The van der Waals surface area contributed by atoms with Gasteiger partial charge in [-0.25, -0.2) is 4.39 Å². The Morgan fingerprint density at radius 2 is 1.73 bits per heavy atom. The zero-order valence-electron chi connectivity index (χ0n) is 15.5. The summed E-state index contributed by atoms with van der Waals surface area (Å²) >= 11 is 0. The maximum Gasteiger partial charge on any atom is 0.123 e. The summed E-state index contributed by atoms with van der Waals surface area (Å²) in [6.07, 6.45) is -0.520. The number of aryl methyl sites for hydroxylation is 2. The number of nitrogens with zero attached hydrogens (tertiary/aromatic N) is 2. The topological polar surface area (TPSA) is 35.9 Å². The van der Waals surface area contributed by atoms with Crippen LogP contribution >= 0.6 is 0 Å². The van der Waals surface area contributed by atoms with Crippen LogP contribution in [0.3, 0.4) is 0 Å². The molecule has 1 atom stereocenters. The van der Waals surface area contributed by atoms with E-state index in [-0.39, 0.29) is 5.82 Å². The number of halogens is 1. The molecule has 1 heterocycles. The molecule has 2 aromatic rings. The first-order chi connectivity index (χ1) is 12.5. The zero-order chi connectivity index (χ0) is 18.5. The molecule has 0 aromatic heterocycles. The highest BCUT2D eigenvalue weighted by molar-refractivity contribution is 5.46. The molecule has 1 aliphatic heterocycles. The Bertz CT molecular complexity index is 712. The molecule has 1 aliphatic rings. The van der Waals surface area contributed by atoms with Crippen LogP contribution in [0.1, 0.15) is 11.1 Å². The SMILES string of the molecule is Cc1ccc(OC[C@@H](O)CN2CCN(c3ccc(F)cc3)CC2)c(C)c1. The van der Waals surface area contributed by atoms with Gasteiger partial charge in [-0.2, -0.15) is 0 Å². The van der Waals surface area contributed by atoms with E-state index in [9.17, 15) is 9.50 Å². The van der Waals surface area contributed by atoms with Crippen molar-refractivity contribution in [1.82, 2.24) is 4.90 Å². The fourth-order valence-electron chi connectivity index (χ4n) is 3.34.